The Morgan fingerprint density at radius 3 is 2.27 bits per heavy atom. The van der Waals surface area contributed by atoms with E-state index in [1.54, 1.807) is 7.05 Å². The van der Waals surface area contributed by atoms with E-state index in [1.165, 1.54) is 10.5 Å². The Morgan fingerprint density at radius 2 is 1.77 bits per heavy atom. The molecule has 1 atom stereocenters. The van der Waals surface area contributed by atoms with E-state index in [2.05, 4.69) is 31.3 Å². The molecule has 0 heterocycles. The van der Waals surface area contributed by atoms with Crippen LogP contribution >= 0.6 is 0 Å². The second-order valence-corrected chi connectivity index (χ2v) is 6.08. The van der Waals surface area contributed by atoms with E-state index in [0.29, 0.717) is 5.92 Å². The molecule has 0 aliphatic rings. The summed E-state index contributed by atoms with van der Waals surface area (Å²) in [5.41, 5.74) is 2.32. The summed E-state index contributed by atoms with van der Waals surface area (Å²) in [5.74, 6) is -0.292. The smallest absolute Gasteiger partial charge is 0.317 e. The van der Waals surface area contributed by atoms with Gasteiger partial charge >= 0.3 is 12.0 Å². The largest absolute Gasteiger partial charge is 0.481 e. The van der Waals surface area contributed by atoms with Gasteiger partial charge < -0.3 is 15.3 Å². The first-order valence-corrected chi connectivity index (χ1v) is 7.62. The molecule has 1 rings (SSSR count). The molecule has 0 aliphatic carbocycles. The van der Waals surface area contributed by atoms with Crippen molar-refractivity contribution in [3.8, 4) is 0 Å². The van der Waals surface area contributed by atoms with Crippen molar-refractivity contribution in [2.45, 2.75) is 39.7 Å². The zero-order valence-electron chi connectivity index (χ0n) is 13.8. The van der Waals surface area contributed by atoms with E-state index in [4.69, 9.17) is 5.11 Å². The lowest BCUT2D eigenvalue weighted by molar-refractivity contribution is -0.137. The van der Waals surface area contributed by atoms with E-state index in [1.807, 2.05) is 19.1 Å². The molecule has 0 saturated carbocycles. The number of rotatable bonds is 7. The lowest BCUT2D eigenvalue weighted by Gasteiger charge is -2.21. The fourth-order valence-electron chi connectivity index (χ4n) is 2.16. The molecule has 1 aromatic rings. The fraction of sp³-hybridized carbons (Fsp3) is 0.529. The first-order valence-electron chi connectivity index (χ1n) is 7.62. The molecule has 5 nitrogen and oxygen atoms in total. The van der Waals surface area contributed by atoms with Gasteiger partial charge in [-0.05, 0) is 30.4 Å². The quantitative estimate of drug-likeness (QED) is 0.813. The van der Waals surface area contributed by atoms with Crippen molar-refractivity contribution in [3.05, 3.63) is 35.4 Å². The van der Waals surface area contributed by atoms with Crippen molar-refractivity contribution in [2.75, 3.05) is 13.6 Å². The summed E-state index contributed by atoms with van der Waals surface area (Å²) < 4.78 is 0. The van der Waals surface area contributed by atoms with Gasteiger partial charge in [-0.3, -0.25) is 4.79 Å². The van der Waals surface area contributed by atoms with Crippen LogP contribution in [0.1, 0.15) is 44.4 Å². The highest BCUT2D eigenvalue weighted by Gasteiger charge is 2.14. The van der Waals surface area contributed by atoms with E-state index in [0.717, 1.165) is 12.0 Å². The van der Waals surface area contributed by atoms with Gasteiger partial charge in [-0.15, -0.1) is 0 Å². The van der Waals surface area contributed by atoms with Crippen LogP contribution in [-0.4, -0.2) is 35.6 Å². The standard InChI is InChI=1S/C17H26N2O3/c1-12(2)11-14-5-7-15(8-6-14)13(3)18-17(22)19(4)10-9-16(20)21/h5-8,12-13H,9-11H2,1-4H3,(H,18,22)(H,20,21). The van der Waals surface area contributed by atoms with Crippen LogP contribution in [-0.2, 0) is 11.2 Å². The number of nitrogens with one attached hydrogen (secondary N) is 1. The van der Waals surface area contributed by atoms with Gasteiger partial charge in [0.15, 0.2) is 0 Å². The Hall–Kier alpha value is -2.04. The highest BCUT2D eigenvalue weighted by Crippen LogP contribution is 2.15. The summed E-state index contributed by atoms with van der Waals surface area (Å²) in [6.45, 7) is 6.48. The molecule has 0 radical (unpaired) electrons. The monoisotopic (exact) mass is 306 g/mol. The second kappa shape index (κ2) is 8.41. The van der Waals surface area contributed by atoms with Gasteiger partial charge in [0.25, 0.3) is 0 Å². The Balaban J connectivity index is 2.55. The van der Waals surface area contributed by atoms with E-state index in [9.17, 15) is 9.59 Å². The van der Waals surface area contributed by atoms with Crippen molar-refractivity contribution in [3.63, 3.8) is 0 Å². The first-order chi connectivity index (χ1) is 10.3. The molecule has 0 aromatic heterocycles. The van der Waals surface area contributed by atoms with E-state index >= 15 is 0 Å². The molecule has 1 aromatic carbocycles. The van der Waals surface area contributed by atoms with Crippen LogP contribution in [0.4, 0.5) is 4.79 Å². The number of aliphatic carboxylic acids is 1. The Morgan fingerprint density at radius 1 is 1.18 bits per heavy atom. The molecule has 0 saturated heterocycles. The van der Waals surface area contributed by atoms with Crippen molar-refractivity contribution in [1.29, 1.82) is 0 Å². The van der Waals surface area contributed by atoms with Gasteiger partial charge in [0, 0.05) is 13.6 Å². The van der Waals surface area contributed by atoms with Crippen molar-refractivity contribution >= 4 is 12.0 Å². The van der Waals surface area contributed by atoms with Crippen molar-refractivity contribution in [1.82, 2.24) is 10.2 Å². The zero-order chi connectivity index (χ0) is 16.7. The van der Waals surface area contributed by atoms with Crippen LogP contribution in [0.25, 0.3) is 0 Å². The normalized spacial score (nSPS) is 12.0. The molecule has 0 spiro atoms. The third kappa shape index (κ3) is 6.16. The lowest BCUT2D eigenvalue weighted by Crippen LogP contribution is -2.39. The average molecular weight is 306 g/mol. The minimum absolute atomic E-state index is 0.0534. The molecular weight excluding hydrogens is 280 g/mol. The minimum Gasteiger partial charge on any atom is -0.481 e. The average Bonchev–Trinajstić information content (AvgIpc) is 2.44. The molecule has 2 N–H and O–H groups in total. The Labute approximate surface area is 132 Å². The number of carboxylic acid groups (broad SMARTS) is 1. The SMILES string of the molecule is CC(C)Cc1ccc(C(C)NC(=O)N(C)CCC(=O)O)cc1. The summed E-state index contributed by atoms with van der Waals surface area (Å²) >= 11 is 0. The van der Waals surface area contributed by atoms with Crippen molar-refractivity contribution < 1.29 is 14.7 Å². The first kappa shape index (κ1) is 18.0. The number of carboxylic acids is 1. The van der Waals surface area contributed by atoms with Gasteiger partial charge in [-0.2, -0.15) is 0 Å². The topological polar surface area (TPSA) is 69.6 Å². The minimum atomic E-state index is -0.909. The molecule has 1 unspecified atom stereocenters. The molecule has 22 heavy (non-hydrogen) atoms. The third-order valence-corrected chi connectivity index (χ3v) is 3.47. The Kier molecular flexibility index (Phi) is 6.89. The maximum Gasteiger partial charge on any atom is 0.317 e. The van der Waals surface area contributed by atoms with Crippen LogP contribution < -0.4 is 5.32 Å². The molecule has 0 bridgehead atoms. The predicted octanol–water partition coefficient (Wildman–Crippen LogP) is 3.06. The van der Waals surface area contributed by atoms with Gasteiger partial charge in [0.2, 0.25) is 0 Å². The van der Waals surface area contributed by atoms with Crippen molar-refractivity contribution in [2.24, 2.45) is 5.92 Å². The van der Waals surface area contributed by atoms with Crippen LogP contribution in [0.15, 0.2) is 24.3 Å². The summed E-state index contributed by atoms with van der Waals surface area (Å²) in [6, 6.07) is 7.85. The molecule has 0 fully saturated rings. The molecule has 5 heteroatoms. The number of amides is 2. The number of benzene rings is 1. The Bertz CT molecular complexity index is 497. The number of hydrogen-bond acceptors (Lipinski definition) is 2. The highest BCUT2D eigenvalue weighted by molar-refractivity contribution is 5.75. The maximum absolute atomic E-state index is 12.0. The summed E-state index contributed by atoms with van der Waals surface area (Å²) in [5, 5.41) is 11.5. The number of urea groups is 1. The third-order valence-electron chi connectivity index (χ3n) is 3.47. The van der Waals surface area contributed by atoms with Gasteiger partial charge in [0.1, 0.15) is 0 Å². The van der Waals surface area contributed by atoms with Gasteiger partial charge in [-0.1, -0.05) is 38.1 Å². The summed E-state index contributed by atoms with van der Waals surface area (Å²) in [6.07, 6.45) is 0.987. The maximum atomic E-state index is 12.0. The molecule has 0 aliphatic heterocycles. The van der Waals surface area contributed by atoms with Crippen LogP contribution in [0.3, 0.4) is 0 Å². The molecule has 122 valence electrons. The van der Waals surface area contributed by atoms with Crippen LogP contribution in [0, 0.1) is 5.92 Å². The second-order valence-electron chi connectivity index (χ2n) is 6.08. The van der Waals surface area contributed by atoms with Crippen LogP contribution in [0.2, 0.25) is 0 Å². The van der Waals surface area contributed by atoms with Gasteiger partial charge in [-0.25, -0.2) is 4.79 Å². The number of hydrogen-bond donors (Lipinski definition) is 2. The predicted molar refractivity (Wildman–Crippen MR) is 86.8 cm³/mol. The fourth-order valence-corrected chi connectivity index (χ4v) is 2.16. The number of nitrogens with zero attached hydrogens (tertiary/aromatic N) is 1. The molecule has 2 amide bonds. The lowest BCUT2D eigenvalue weighted by atomic mass is 10.00. The number of carbonyl (C=O) groups excluding carboxylic acids is 1. The van der Waals surface area contributed by atoms with Gasteiger partial charge in [0.05, 0.1) is 12.5 Å². The summed E-state index contributed by atoms with van der Waals surface area (Å²) in [7, 11) is 1.59. The van der Waals surface area contributed by atoms with E-state index < -0.39 is 5.97 Å². The summed E-state index contributed by atoms with van der Waals surface area (Å²) in [4.78, 5) is 23.9. The van der Waals surface area contributed by atoms with E-state index in [-0.39, 0.29) is 25.0 Å². The van der Waals surface area contributed by atoms with Crippen LogP contribution in [0.5, 0.6) is 0 Å². The zero-order valence-corrected chi connectivity index (χ0v) is 13.8. The number of carbonyl (C=O) groups is 2. The molecular formula is C17H26N2O3. The highest BCUT2D eigenvalue weighted by atomic mass is 16.4.